The summed E-state index contributed by atoms with van der Waals surface area (Å²) >= 11 is 0. The minimum Gasteiger partial charge on any atom is -0.493 e. The molecule has 0 unspecified atom stereocenters. The van der Waals surface area contributed by atoms with E-state index in [0.717, 1.165) is 28.9 Å². The van der Waals surface area contributed by atoms with E-state index >= 15 is 0 Å². The molecule has 0 spiro atoms. The van der Waals surface area contributed by atoms with Crippen LogP contribution in [0.25, 0.3) is 10.9 Å². The average Bonchev–Trinajstić information content (AvgIpc) is 3.42. The van der Waals surface area contributed by atoms with Crippen molar-refractivity contribution in [1.29, 1.82) is 0 Å². The maximum Gasteiger partial charge on any atom is 0.288 e. The molecule has 5 rings (SSSR count). The Morgan fingerprint density at radius 3 is 2.82 bits per heavy atom. The van der Waals surface area contributed by atoms with Crippen LogP contribution < -0.4 is 9.47 Å². The third-order valence-electron chi connectivity index (χ3n) is 6.21. The highest BCUT2D eigenvalue weighted by Crippen LogP contribution is 2.37. The summed E-state index contributed by atoms with van der Waals surface area (Å²) in [5.41, 5.74) is 4.20. The molecule has 10 heteroatoms. The largest absolute Gasteiger partial charge is 0.493 e. The van der Waals surface area contributed by atoms with Gasteiger partial charge >= 0.3 is 0 Å². The number of rotatable bonds is 5. The molecule has 176 valence electrons. The first-order valence-electron chi connectivity index (χ1n) is 10.7. The van der Waals surface area contributed by atoms with Crippen LogP contribution in [-0.4, -0.2) is 79.3 Å². The molecule has 3 aromatic rings. The van der Waals surface area contributed by atoms with Crippen LogP contribution in [0.15, 0.2) is 30.3 Å². The van der Waals surface area contributed by atoms with Gasteiger partial charge in [0.25, 0.3) is 5.79 Å². The Labute approximate surface area is 189 Å². The first-order valence-corrected chi connectivity index (χ1v) is 10.7. The molecule has 0 radical (unpaired) electrons. The van der Waals surface area contributed by atoms with Crippen molar-refractivity contribution in [1.82, 2.24) is 10.2 Å². The third-order valence-corrected chi connectivity index (χ3v) is 6.21. The predicted octanol–water partition coefficient (Wildman–Crippen LogP) is -0.104. The zero-order chi connectivity index (χ0) is 23.3. The van der Waals surface area contributed by atoms with Gasteiger partial charge in [-0.05, 0) is 41.8 Å². The zero-order valence-electron chi connectivity index (χ0n) is 17.9. The molecule has 0 bridgehead atoms. The number of ether oxygens (including phenoxy) is 3. The fraction of sp³-hybridized carbons (Fsp3) is 0.435. The van der Waals surface area contributed by atoms with Gasteiger partial charge in [0, 0.05) is 12.8 Å². The fourth-order valence-corrected chi connectivity index (χ4v) is 4.45. The molecule has 6 N–H and O–H groups in total. The highest BCUT2D eigenvalue weighted by molar-refractivity contribution is 5.88. The molecule has 10 nitrogen and oxygen atoms in total. The highest BCUT2D eigenvalue weighted by atomic mass is 16.7. The molecule has 0 aliphatic carbocycles. The first kappa shape index (κ1) is 22.1. The van der Waals surface area contributed by atoms with Crippen molar-refractivity contribution in [3.05, 3.63) is 52.7 Å². The third kappa shape index (κ3) is 3.74. The number of aromatic nitrogens is 2. The van der Waals surface area contributed by atoms with Gasteiger partial charge in [0.1, 0.15) is 23.7 Å². The Morgan fingerprint density at radius 2 is 2.03 bits per heavy atom. The van der Waals surface area contributed by atoms with Crippen LogP contribution in [-0.2, 0) is 17.6 Å². The standard InChI is InChI=1S/C23H26N2O8/c1-11-6-14-19(15(25-24-14)9-12-2-3-16-13(8-12)4-5-31-16)17(7-11)33-23(30)21(28)20(27)18(10-26)32-22(23)29/h2-3,6-8,18,20-22,26-30H,4-5,9-10H2,1H3,(H,24,25)/t18-,20-,21+,22-,23+/m1/s1. The van der Waals surface area contributed by atoms with E-state index in [9.17, 15) is 25.5 Å². The number of fused-ring (bicyclic) bond motifs is 2. The maximum absolute atomic E-state index is 11.0. The lowest BCUT2D eigenvalue weighted by Crippen LogP contribution is -2.69. The van der Waals surface area contributed by atoms with E-state index in [-0.39, 0.29) is 5.75 Å². The van der Waals surface area contributed by atoms with Crippen molar-refractivity contribution in [2.45, 2.75) is 50.2 Å². The van der Waals surface area contributed by atoms with Gasteiger partial charge in [-0.1, -0.05) is 12.1 Å². The number of aryl methyl sites for hydroxylation is 1. The second-order valence-electron chi connectivity index (χ2n) is 8.57. The molecular weight excluding hydrogens is 432 g/mol. The molecule has 3 heterocycles. The van der Waals surface area contributed by atoms with Crippen molar-refractivity contribution in [3.63, 3.8) is 0 Å². The van der Waals surface area contributed by atoms with E-state index in [1.54, 1.807) is 6.07 Å². The topological polar surface area (TPSA) is 158 Å². The molecule has 1 fully saturated rings. The van der Waals surface area contributed by atoms with Gasteiger partial charge in [-0.25, -0.2) is 0 Å². The summed E-state index contributed by atoms with van der Waals surface area (Å²) in [7, 11) is 0. The lowest BCUT2D eigenvalue weighted by molar-refractivity contribution is -0.385. The van der Waals surface area contributed by atoms with Gasteiger partial charge in [-0.2, -0.15) is 5.10 Å². The monoisotopic (exact) mass is 458 g/mol. The summed E-state index contributed by atoms with van der Waals surface area (Å²) in [6.45, 7) is 1.83. The minimum absolute atomic E-state index is 0.150. The summed E-state index contributed by atoms with van der Waals surface area (Å²) in [6, 6.07) is 9.46. The van der Waals surface area contributed by atoms with E-state index in [1.807, 2.05) is 25.1 Å². The number of H-pyrrole nitrogens is 1. The van der Waals surface area contributed by atoms with Gasteiger partial charge in [0.05, 0.1) is 29.8 Å². The molecule has 2 aromatic carbocycles. The van der Waals surface area contributed by atoms with E-state index in [1.165, 1.54) is 0 Å². The molecule has 2 aliphatic rings. The maximum atomic E-state index is 11.0. The summed E-state index contributed by atoms with van der Waals surface area (Å²) in [5, 5.41) is 59.3. The number of aliphatic hydroxyl groups is 5. The van der Waals surface area contributed by atoms with Gasteiger partial charge in [-0.3, -0.25) is 5.10 Å². The van der Waals surface area contributed by atoms with Crippen molar-refractivity contribution in [2.75, 3.05) is 13.2 Å². The van der Waals surface area contributed by atoms with Crippen LogP contribution in [0.1, 0.15) is 22.4 Å². The molecule has 2 aliphatic heterocycles. The van der Waals surface area contributed by atoms with Crippen molar-refractivity contribution in [3.8, 4) is 11.5 Å². The summed E-state index contributed by atoms with van der Waals surface area (Å²) in [4.78, 5) is 0. The van der Waals surface area contributed by atoms with Crippen LogP contribution in [0, 0.1) is 6.92 Å². The molecule has 0 amide bonds. The van der Waals surface area contributed by atoms with Gasteiger partial charge in [-0.15, -0.1) is 0 Å². The van der Waals surface area contributed by atoms with Crippen molar-refractivity contribution in [2.24, 2.45) is 0 Å². The second-order valence-corrected chi connectivity index (χ2v) is 8.57. The normalized spacial score (nSPS) is 29.2. The second kappa shape index (κ2) is 8.24. The smallest absolute Gasteiger partial charge is 0.288 e. The van der Waals surface area contributed by atoms with Crippen LogP contribution in [0.4, 0.5) is 0 Å². The van der Waals surface area contributed by atoms with Crippen molar-refractivity contribution >= 4 is 10.9 Å². The van der Waals surface area contributed by atoms with Gasteiger partial charge < -0.3 is 39.7 Å². The number of aromatic amines is 1. The Hall–Kier alpha value is -2.73. The van der Waals surface area contributed by atoms with Crippen LogP contribution in [0.5, 0.6) is 11.5 Å². The molecule has 33 heavy (non-hydrogen) atoms. The van der Waals surface area contributed by atoms with Crippen LogP contribution >= 0.6 is 0 Å². The Bertz CT molecular complexity index is 1180. The summed E-state index contributed by atoms with van der Waals surface area (Å²) < 4.78 is 16.4. The van der Waals surface area contributed by atoms with Crippen LogP contribution in [0.2, 0.25) is 0 Å². The van der Waals surface area contributed by atoms with Crippen LogP contribution in [0.3, 0.4) is 0 Å². The number of nitrogens with zero attached hydrogens (tertiary/aromatic N) is 1. The number of benzene rings is 2. The Morgan fingerprint density at radius 1 is 1.21 bits per heavy atom. The molecule has 1 aromatic heterocycles. The molecule has 5 atom stereocenters. The lowest BCUT2D eigenvalue weighted by Gasteiger charge is -2.45. The van der Waals surface area contributed by atoms with Crippen molar-refractivity contribution < 1.29 is 39.7 Å². The van der Waals surface area contributed by atoms with Gasteiger partial charge in [0.2, 0.25) is 6.29 Å². The molecule has 0 saturated carbocycles. The first-order chi connectivity index (χ1) is 15.8. The zero-order valence-corrected chi connectivity index (χ0v) is 17.9. The lowest BCUT2D eigenvalue weighted by atomic mass is 9.95. The predicted molar refractivity (Wildman–Crippen MR) is 115 cm³/mol. The minimum atomic E-state index is -2.68. The average molecular weight is 458 g/mol. The number of aliphatic hydroxyl groups excluding tert-OH is 4. The Kier molecular flexibility index (Phi) is 5.52. The summed E-state index contributed by atoms with van der Waals surface area (Å²) in [6.07, 6.45) is -5.61. The summed E-state index contributed by atoms with van der Waals surface area (Å²) in [5.74, 6) is -1.64. The quantitative estimate of drug-likeness (QED) is 0.287. The molecule has 1 saturated heterocycles. The van der Waals surface area contributed by atoms with Gasteiger partial charge in [0.15, 0.2) is 6.10 Å². The number of nitrogens with one attached hydrogen (secondary N) is 1. The highest BCUT2D eigenvalue weighted by Gasteiger charge is 2.57. The van der Waals surface area contributed by atoms with E-state index in [2.05, 4.69) is 16.3 Å². The SMILES string of the molecule is Cc1cc(O[C@]2(O)[C@H](O)O[C@H](CO)[C@@H](O)[C@@H]2O)c2c(Cc3ccc4c(c3)CCO4)n[nH]c2c1. The fourth-order valence-electron chi connectivity index (χ4n) is 4.45. The van der Waals surface area contributed by atoms with E-state index in [0.29, 0.717) is 29.6 Å². The molecular formula is C23H26N2O8. The van der Waals surface area contributed by atoms with E-state index < -0.39 is 37.0 Å². The van der Waals surface area contributed by atoms with E-state index in [4.69, 9.17) is 14.2 Å². The Balaban J connectivity index is 1.51. The number of hydrogen-bond donors (Lipinski definition) is 6. The number of hydrogen-bond acceptors (Lipinski definition) is 9.